The number of aliphatic hydroxyl groups excluding tert-OH is 1. The summed E-state index contributed by atoms with van der Waals surface area (Å²) in [5.41, 5.74) is 1.25. The molecule has 0 aromatic heterocycles. The Morgan fingerprint density at radius 2 is 2.12 bits per heavy atom. The average Bonchev–Trinajstić information content (AvgIpc) is 2.78. The van der Waals surface area contributed by atoms with E-state index in [1.54, 1.807) is 0 Å². The third-order valence-electron chi connectivity index (χ3n) is 3.10. The van der Waals surface area contributed by atoms with Crippen LogP contribution in [0.15, 0.2) is 36.4 Å². The van der Waals surface area contributed by atoms with Crippen LogP contribution in [0.5, 0.6) is 0 Å². The molecule has 1 fully saturated rings. The highest BCUT2D eigenvalue weighted by Crippen LogP contribution is 2.15. The van der Waals surface area contributed by atoms with Gasteiger partial charge in [-0.1, -0.05) is 42.5 Å². The van der Waals surface area contributed by atoms with E-state index in [4.69, 9.17) is 5.11 Å². The second kappa shape index (κ2) is 5.83. The van der Waals surface area contributed by atoms with Crippen LogP contribution in [0.1, 0.15) is 12.0 Å². The zero-order valence-corrected chi connectivity index (χ0v) is 9.55. The summed E-state index contributed by atoms with van der Waals surface area (Å²) in [6.07, 6.45) is 5.50. The molecule has 1 aromatic rings. The summed E-state index contributed by atoms with van der Waals surface area (Å²) in [6, 6.07) is 10.4. The molecular formula is C14H19NO. The zero-order chi connectivity index (χ0) is 11.2. The van der Waals surface area contributed by atoms with Crippen LogP contribution in [0.4, 0.5) is 0 Å². The van der Waals surface area contributed by atoms with Crippen molar-refractivity contribution in [1.82, 2.24) is 4.90 Å². The van der Waals surface area contributed by atoms with Crippen LogP contribution < -0.4 is 0 Å². The predicted molar refractivity (Wildman–Crippen MR) is 67.1 cm³/mol. The van der Waals surface area contributed by atoms with Crippen molar-refractivity contribution >= 4 is 6.08 Å². The number of likely N-dealkylation sites (tertiary alicyclic amines) is 1. The smallest absolute Gasteiger partial charge is 0.0471 e. The van der Waals surface area contributed by atoms with Gasteiger partial charge in [-0.05, 0) is 24.4 Å². The molecule has 1 aromatic carbocycles. The minimum absolute atomic E-state index is 0.332. The molecule has 1 heterocycles. The minimum Gasteiger partial charge on any atom is -0.396 e. The van der Waals surface area contributed by atoms with Gasteiger partial charge >= 0.3 is 0 Å². The third kappa shape index (κ3) is 3.19. The summed E-state index contributed by atoms with van der Waals surface area (Å²) >= 11 is 0. The van der Waals surface area contributed by atoms with Gasteiger partial charge in [0.2, 0.25) is 0 Å². The van der Waals surface area contributed by atoms with Crippen molar-refractivity contribution in [2.75, 3.05) is 26.2 Å². The number of benzene rings is 1. The highest BCUT2D eigenvalue weighted by atomic mass is 16.3. The van der Waals surface area contributed by atoms with Gasteiger partial charge in [-0.15, -0.1) is 0 Å². The first-order valence-electron chi connectivity index (χ1n) is 5.93. The Morgan fingerprint density at radius 1 is 1.31 bits per heavy atom. The maximum atomic E-state index is 9.04. The molecule has 16 heavy (non-hydrogen) atoms. The Hall–Kier alpha value is -1.12. The summed E-state index contributed by atoms with van der Waals surface area (Å²) in [7, 11) is 0. The summed E-state index contributed by atoms with van der Waals surface area (Å²) in [5.74, 6) is 0.491. The highest BCUT2D eigenvalue weighted by Gasteiger charge is 2.19. The monoisotopic (exact) mass is 217 g/mol. The van der Waals surface area contributed by atoms with Gasteiger partial charge in [-0.2, -0.15) is 0 Å². The Balaban J connectivity index is 1.78. The first-order chi connectivity index (χ1) is 7.88. The van der Waals surface area contributed by atoms with Gasteiger partial charge in [0.1, 0.15) is 0 Å². The van der Waals surface area contributed by atoms with Gasteiger partial charge in [0.05, 0.1) is 0 Å². The fourth-order valence-electron chi connectivity index (χ4n) is 2.13. The van der Waals surface area contributed by atoms with Crippen LogP contribution >= 0.6 is 0 Å². The van der Waals surface area contributed by atoms with Crippen LogP contribution in [-0.2, 0) is 0 Å². The molecule has 2 rings (SSSR count). The molecule has 86 valence electrons. The van der Waals surface area contributed by atoms with E-state index in [0.29, 0.717) is 12.5 Å². The Labute approximate surface area is 97.2 Å². The fourth-order valence-corrected chi connectivity index (χ4v) is 2.13. The lowest BCUT2D eigenvalue weighted by molar-refractivity contribution is 0.225. The van der Waals surface area contributed by atoms with Gasteiger partial charge in [-0.3, -0.25) is 4.90 Å². The lowest BCUT2D eigenvalue weighted by Gasteiger charge is -2.12. The van der Waals surface area contributed by atoms with Gasteiger partial charge < -0.3 is 5.11 Å². The van der Waals surface area contributed by atoms with Crippen LogP contribution in [0.2, 0.25) is 0 Å². The van der Waals surface area contributed by atoms with E-state index < -0.39 is 0 Å². The molecule has 0 saturated carbocycles. The molecule has 2 nitrogen and oxygen atoms in total. The molecule has 1 saturated heterocycles. The Morgan fingerprint density at radius 3 is 2.81 bits per heavy atom. The largest absolute Gasteiger partial charge is 0.396 e. The highest BCUT2D eigenvalue weighted by molar-refractivity contribution is 5.48. The van der Waals surface area contributed by atoms with E-state index in [-0.39, 0.29) is 0 Å². The average molecular weight is 217 g/mol. The van der Waals surface area contributed by atoms with Crippen molar-refractivity contribution in [3.63, 3.8) is 0 Å². The second-order valence-electron chi connectivity index (χ2n) is 4.41. The molecule has 1 aliphatic rings. The first-order valence-corrected chi connectivity index (χ1v) is 5.93. The maximum Gasteiger partial charge on any atom is 0.0471 e. The molecule has 0 aliphatic carbocycles. The van der Waals surface area contributed by atoms with Crippen LogP contribution in [0.25, 0.3) is 6.08 Å². The van der Waals surface area contributed by atoms with Crippen molar-refractivity contribution in [3.05, 3.63) is 42.0 Å². The molecular weight excluding hydrogens is 198 g/mol. The third-order valence-corrected chi connectivity index (χ3v) is 3.10. The van der Waals surface area contributed by atoms with E-state index in [1.807, 2.05) is 6.07 Å². The second-order valence-corrected chi connectivity index (χ2v) is 4.41. The molecule has 1 atom stereocenters. The topological polar surface area (TPSA) is 23.5 Å². The standard InChI is InChI=1S/C14H19NO/c16-12-14-8-10-15(11-14)9-4-7-13-5-2-1-3-6-13/h1-7,14,16H,8-12H2/b7-4+. The van der Waals surface area contributed by atoms with Crippen LogP contribution in [0.3, 0.4) is 0 Å². The number of aliphatic hydroxyl groups is 1. The minimum atomic E-state index is 0.332. The van der Waals surface area contributed by atoms with E-state index in [9.17, 15) is 0 Å². The Bertz CT molecular complexity index is 334. The summed E-state index contributed by atoms with van der Waals surface area (Å²) < 4.78 is 0. The lowest BCUT2D eigenvalue weighted by Crippen LogP contribution is -2.21. The quantitative estimate of drug-likeness (QED) is 0.834. The summed E-state index contributed by atoms with van der Waals surface area (Å²) in [4.78, 5) is 2.39. The van der Waals surface area contributed by atoms with E-state index in [2.05, 4.69) is 41.3 Å². The van der Waals surface area contributed by atoms with Crippen molar-refractivity contribution in [3.8, 4) is 0 Å². The fraction of sp³-hybridized carbons (Fsp3) is 0.429. The van der Waals surface area contributed by atoms with E-state index in [0.717, 1.165) is 26.1 Å². The molecule has 1 aliphatic heterocycles. The number of nitrogens with zero attached hydrogens (tertiary/aromatic N) is 1. The van der Waals surface area contributed by atoms with Gasteiger partial charge in [0.25, 0.3) is 0 Å². The van der Waals surface area contributed by atoms with Gasteiger partial charge in [0, 0.05) is 19.7 Å². The van der Waals surface area contributed by atoms with Crippen LogP contribution in [0, 0.1) is 5.92 Å². The SMILES string of the molecule is OCC1CCN(C/C=C/c2ccccc2)C1. The number of hydrogen-bond acceptors (Lipinski definition) is 2. The van der Waals surface area contributed by atoms with Crippen LogP contribution in [-0.4, -0.2) is 36.2 Å². The lowest BCUT2D eigenvalue weighted by atomic mass is 10.1. The molecule has 1 unspecified atom stereocenters. The predicted octanol–water partition coefficient (Wildman–Crippen LogP) is 2.01. The number of hydrogen-bond donors (Lipinski definition) is 1. The summed E-state index contributed by atoms with van der Waals surface area (Å²) in [6.45, 7) is 3.48. The van der Waals surface area contributed by atoms with E-state index in [1.165, 1.54) is 5.56 Å². The molecule has 0 spiro atoms. The molecule has 2 heteroatoms. The van der Waals surface area contributed by atoms with Crippen molar-refractivity contribution in [2.45, 2.75) is 6.42 Å². The Kier molecular flexibility index (Phi) is 4.14. The molecule has 1 N–H and O–H groups in total. The maximum absolute atomic E-state index is 9.04. The zero-order valence-electron chi connectivity index (χ0n) is 9.55. The first kappa shape index (κ1) is 11.4. The van der Waals surface area contributed by atoms with Crippen molar-refractivity contribution < 1.29 is 5.11 Å². The molecule has 0 amide bonds. The van der Waals surface area contributed by atoms with Crippen molar-refractivity contribution in [1.29, 1.82) is 0 Å². The van der Waals surface area contributed by atoms with Crippen molar-refractivity contribution in [2.24, 2.45) is 5.92 Å². The summed E-state index contributed by atoms with van der Waals surface area (Å²) in [5, 5.41) is 9.04. The van der Waals surface area contributed by atoms with Gasteiger partial charge in [-0.25, -0.2) is 0 Å². The van der Waals surface area contributed by atoms with Gasteiger partial charge in [0.15, 0.2) is 0 Å². The van der Waals surface area contributed by atoms with E-state index >= 15 is 0 Å². The normalized spacial score (nSPS) is 21.9. The molecule has 0 bridgehead atoms. The molecule has 0 radical (unpaired) electrons. The number of rotatable bonds is 4.